The van der Waals surface area contributed by atoms with E-state index < -0.39 is 5.82 Å². The van der Waals surface area contributed by atoms with Gasteiger partial charge in [0.1, 0.15) is 5.82 Å². The number of anilines is 1. The molecule has 2 fully saturated rings. The molecule has 2 heterocycles. The molecule has 2 amide bonds. The van der Waals surface area contributed by atoms with Crippen LogP contribution in [0.25, 0.3) is 0 Å². The van der Waals surface area contributed by atoms with Crippen molar-refractivity contribution < 1.29 is 14.0 Å². The van der Waals surface area contributed by atoms with Crippen LogP contribution >= 0.6 is 0 Å². The van der Waals surface area contributed by atoms with Gasteiger partial charge in [-0.2, -0.15) is 0 Å². The van der Waals surface area contributed by atoms with Crippen LogP contribution in [0.1, 0.15) is 19.8 Å². The molecule has 1 aromatic carbocycles. The Morgan fingerprint density at radius 3 is 2.43 bits per heavy atom. The summed E-state index contributed by atoms with van der Waals surface area (Å²) in [6.07, 6.45) is 2.20. The summed E-state index contributed by atoms with van der Waals surface area (Å²) in [6, 6.07) is 5.68. The Bertz CT molecular complexity index is 773. The molecule has 2 aliphatic heterocycles. The molecule has 30 heavy (non-hydrogen) atoms. The van der Waals surface area contributed by atoms with Crippen LogP contribution in [-0.4, -0.2) is 91.4 Å². The highest BCUT2D eigenvalue weighted by molar-refractivity contribution is 5.95. The summed E-state index contributed by atoms with van der Waals surface area (Å²) in [6.45, 7) is 6.74. The van der Waals surface area contributed by atoms with Crippen LogP contribution in [0.4, 0.5) is 10.1 Å². The van der Waals surface area contributed by atoms with E-state index in [2.05, 4.69) is 25.4 Å². The van der Waals surface area contributed by atoms with E-state index in [1.54, 1.807) is 19.2 Å². The molecule has 0 radical (unpaired) electrons. The van der Waals surface area contributed by atoms with Crippen molar-refractivity contribution in [3.63, 3.8) is 0 Å². The van der Waals surface area contributed by atoms with Crippen LogP contribution < -0.4 is 10.6 Å². The number of hydrogen-bond donors (Lipinski definition) is 2. The van der Waals surface area contributed by atoms with Crippen LogP contribution in [0.15, 0.2) is 29.3 Å². The van der Waals surface area contributed by atoms with Gasteiger partial charge >= 0.3 is 0 Å². The number of carbonyl (C=O) groups excluding carboxylic acids is 2. The van der Waals surface area contributed by atoms with E-state index in [1.165, 1.54) is 12.1 Å². The predicted octanol–water partition coefficient (Wildman–Crippen LogP) is 0.968. The highest BCUT2D eigenvalue weighted by atomic mass is 19.1. The zero-order valence-electron chi connectivity index (χ0n) is 17.7. The number of hydrogen-bond acceptors (Lipinski definition) is 4. The average Bonchev–Trinajstić information content (AvgIpc) is 3.28. The number of amides is 2. The third-order valence-electron chi connectivity index (χ3n) is 5.66. The maximum atomic E-state index is 13.2. The van der Waals surface area contributed by atoms with E-state index in [9.17, 15) is 14.0 Å². The molecule has 1 unspecified atom stereocenters. The van der Waals surface area contributed by atoms with Gasteiger partial charge in [0.25, 0.3) is 0 Å². The molecule has 0 aliphatic carbocycles. The minimum Gasteiger partial charge on any atom is -0.347 e. The number of nitrogens with one attached hydrogen (secondary N) is 2. The minimum atomic E-state index is -0.396. The van der Waals surface area contributed by atoms with Gasteiger partial charge in [0, 0.05) is 52.0 Å². The maximum absolute atomic E-state index is 13.2. The topological polar surface area (TPSA) is 80.3 Å². The average molecular weight is 419 g/mol. The highest BCUT2D eigenvalue weighted by Crippen LogP contribution is 2.14. The number of halogens is 1. The van der Waals surface area contributed by atoms with Crippen molar-refractivity contribution >= 4 is 23.5 Å². The lowest BCUT2D eigenvalue weighted by molar-refractivity contribution is -0.135. The first-order valence-corrected chi connectivity index (χ1v) is 10.5. The van der Waals surface area contributed by atoms with Crippen LogP contribution in [0.2, 0.25) is 0 Å². The number of aliphatic imine (C=N–C) groups is 1. The number of rotatable bonds is 5. The fraction of sp³-hybridized carbons (Fsp3) is 0.571. The molecule has 2 saturated heterocycles. The molecule has 2 aliphatic rings. The van der Waals surface area contributed by atoms with Crippen molar-refractivity contribution in [2.75, 3.05) is 58.2 Å². The van der Waals surface area contributed by atoms with Crippen LogP contribution in [-0.2, 0) is 9.59 Å². The highest BCUT2D eigenvalue weighted by Gasteiger charge is 2.30. The van der Waals surface area contributed by atoms with Gasteiger partial charge in [-0.25, -0.2) is 4.39 Å². The molecule has 0 spiro atoms. The quantitative estimate of drug-likeness (QED) is 0.550. The van der Waals surface area contributed by atoms with Crippen LogP contribution in [0.5, 0.6) is 0 Å². The summed E-state index contributed by atoms with van der Waals surface area (Å²) >= 11 is 0. The first kappa shape index (κ1) is 22.0. The number of nitrogens with zero attached hydrogens (tertiary/aromatic N) is 4. The first-order chi connectivity index (χ1) is 14.5. The van der Waals surface area contributed by atoms with E-state index in [1.807, 2.05) is 11.8 Å². The van der Waals surface area contributed by atoms with E-state index in [-0.39, 0.29) is 24.4 Å². The summed E-state index contributed by atoms with van der Waals surface area (Å²) in [5, 5.41) is 5.72. The summed E-state index contributed by atoms with van der Waals surface area (Å²) in [5.41, 5.74) is 0.419. The van der Waals surface area contributed by atoms with Crippen molar-refractivity contribution in [3.8, 4) is 0 Å². The number of guanidine groups is 1. The van der Waals surface area contributed by atoms with Gasteiger partial charge in [0.2, 0.25) is 11.8 Å². The van der Waals surface area contributed by atoms with Gasteiger partial charge in [0.05, 0.1) is 12.6 Å². The molecule has 1 atom stereocenters. The lowest BCUT2D eigenvalue weighted by atomic mass is 10.2. The minimum absolute atomic E-state index is 0.0350. The van der Waals surface area contributed by atoms with Crippen molar-refractivity contribution in [1.29, 1.82) is 0 Å². The molecule has 8 nitrogen and oxygen atoms in total. The van der Waals surface area contributed by atoms with E-state index in [4.69, 9.17) is 0 Å². The van der Waals surface area contributed by atoms with Crippen molar-refractivity contribution in [1.82, 2.24) is 20.0 Å². The Kier molecular flexibility index (Phi) is 7.62. The second-order valence-electron chi connectivity index (χ2n) is 7.69. The van der Waals surface area contributed by atoms with Gasteiger partial charge in [-0.1, -0.05) is 6.07 Å². The second-order valence-corrected chi connectivity index (χ2v) is 7.69. The lowest BCUT2D eigenvalue weighted by Crippen LogP contribution is -2.57. The van der Waals surface area contributed by atoms with Crippen LogP contribution in [0, 0.1) is 5.82 Å². The van der Waals surface area contributed by atoms with E-state index >= 15 is 0 Å². The fourth-order valence-corrected chi connectivity index (χ4v) is 3.94. The van der Waals surface area contributed by atoms with Gasteiger partial charge in [-0.05, 0) is 38.0 Å². The third-order valence-corrected chi connectivity index (χ3v) is 5.66. The number of carbonyl (C=O) groups is 2. The number of likely N-dealkylation sites (tertiary alicyclic amines) is 1. The Morgan fingerprint density at radius 1 is 1.10 bits per heavy atom. The third kappa shape index (κ3) is 5.69. The molecule has 9 heteroatoms. The van der Waals surface area contributed by atoms with Gasteiger partial charge in [0.15, 0.2) is 5.96 Å². The largest absolute Gasteiger partial charge is 0.347 e. The van der Waals surface area contributed by atoms with Gasteiger partial charge in [-0.15, -0.1) is 0 Å². The Morgan fingerprint density at radius 2 is 1.80 bits per heavy atom. The normalized spacial score (nSPS) is 19.0. The van der Waals surface area contributed by atoms with Crippen molar-refractivity contribution in [2.24, 2.45) is 4.99 Å². The van der Waals surface area contributed by atoms with E-state index in [0.717, 1.165) is 52.1 Å². The van der Waals surface area contributed by atoms with Gasteiger partial charge < -0.3 is 20.4 Å². The monoisotopic (exact) mass is 418 g/mol. The smallest absolute Gasteiger partial charge is 0.243 e. The lowest BCUT2D eigenvalue weighted by Gasteiger charge is -2.39. The fourth-order valence-electron chi connectivity index (χ4n) is 3.94. The molecule has 0 saturated carbocycles. The second kappa shape index (κ2) is 10.4. The Labute approximate surface area is 177 Å². The standard InChI is InChI=1S/C21H31FN6O2/c1-16(20(30)27-8-3-4-9-27)26-10-12-28(13-11-26)21(23-2)24-15-19(29)25-18-7-5-6-17(22)14-18/h5-7,14,16H,3-4,8-13,15H2,1-2H3,(H,23,24)(H,25,29). The molecular weight excluding hydrogens is 387 g/mol. The predicted molar refractivity (Wildman–Crippen MR) is 115 cm³/mol. The van der Waals surface area contributed by atoms with Crippen molar-refractivity contribution in [2.45, 2.75) is 25.8 Å². The first-order valence-electron chi connectivity index (χ1n) is 10.5. The summed E-state index contributed by atoms with van der Waals surface area (Å²) < 4.78 is 13.2. The molecule has 2 N–H and O–H groups in total. The van der Waals surface area contributed by atoms with E-state index in [0.29, 0.717) is 11.6 Å². The maximum Gasteiger partial charge on any atom is 0.243 e. The molecular formula is C21H31FN6O2. The molecule has 0 aromatic heterocycles. The summed E-state index contributed by atoms with van der Waals surface area (Å²) in [7, 11) is 1.68. The number of benzene rings is 1. The molecule has 164 valence electrons. The van der Waals surface area contributed by atoms with Gasteiger partial charge in [-0.3, -0.25) is 19.5 Å². The SMILES string of the molecule is CN=C(NCC(=O)Nc1cccc(F)c1)N1CCN(C(C)C(=O)N2CCCC2)CC1. The number of piperazine rings is 1. The summed E-state index contributed by atoms with van der Waals surface area (Å²) in [5.74, 6) is 0.192. The van der Waals surface area contributed by atoms with Crippen LogP contribution in [0.3, 0.4) is 0 Å². The Hall–Kier alpha value is -2.68. The van der Waals surface area contributed by atoms with Crippen molar-refractivity contribution in [3.05, 3.63) is 30.1 Å². The molecule has 1 aromatic rings. The summed E-state index contributed by atoms with van der Waals surface area (Å²) in [4.78, 5) is 35.3. The molecule has 3 rings (SSSR count). The zero-order chi connectivity index (χ0) is 21.5. The Balaban J connectivity index is 1.44. The zero-order valence-corrected chi connectivity index (χ0v) is 17.7. The molecule has 0 bridgehead atoms.